The zero-order valence-electron chi connectivity index (χ0n) is 16.7. The predicted molar refractivity (Wildman–Crippen MR) is 113 cm³/mol. The molecule has 4 rings (SSSR count). The number of aliphatic hydroxyl groups excluding tert-OH is 1. The van der Waals surface area contributed by atoms with E-state index in [0.717, 1.165) is 0 Å². The first-order valence-corrected chi connectivity index (χ1v) is 10.3. The molecule has 158 valence electrons. The van der Waals surface area contributed by atoms with Crippen molar-refractivity contribution in [2.75, 3.05) is 25.1 Å². The monoisotopic (exact) mass is 410 g/mol. The number of hydrogen-bond donors (Lipinski definition) is 4. The molecule has 9 heteroatoms. The average molecular weight is 410 g/mol. The number of imidazole rings is 1. The minimum Gasteiger partial charge on any atom is -0.476 e. The van der Waals surface area contributed by atoms with Gasteiger partial charge in [-0.1, -0.05) is 25.3 Å². The lowest BCUT2D eigenvalue weighted by atomic mass is 9.90. The molecule has 30 heavy (non-hydrogen) atoms. The smallest absolute Gasteiger partial charge is 0.251 e. The second-order valence-electron chi connectivity index (χ2n) is 7.45. The van der Waals surface area contributed by atoms with E-state index in [0.29, 0.717) is 46.8 Å². The second kappa shape index (κ2) is 9.53. The molecule has 3 aromatic rings. The van der Waals surface area contributed by atoms with Gasteiger partial charge in [0.2, 0.25) is 11.8 Å². The largest absolute Gasteiger partial charge is 0.476 e. The van der Waals surface area contributed by atoms with Crippen molar-refractivity contribution in [1.29, 1.82) is 0 Å². The van der Waals surface area contributed by atoms with E-state index in [2.05, 4.69) is 30.6 Å². The van der Waals surface area contributed by atoms with Gasteiger partial charge in [-0.15, -0.1) is 0 Å². The normalized spacial score (nSPS) is 14.6. The number of benzene rings is 1. The quantitative estimate of drug-likeness (QED) is 0.450. The number of carbonyl (C=O) groups excluding carboxylic acids is 1. The molecule has 1 amide bonds. The summed E-state index contributed by atoms with van der Waals surface area (Å²) < 4.78 is 6.05. The molecule has 0 aliphatic heterocycles. The van der Waals surface area contributed by atoms with Crippen molar-refractivity contribution in [3.8, 4) is 5.88 Å². The number of aliphatic hydroxyl groups is 1. The molecule has 1 aromatic carbocycles. The van der Waals surface area contributed by atoms with Gasteiger partial charge < -0.3 is 25.5 Å². The lowest BCUT2D eigenvalue weighted by molar-refractivity contribution is 0.0945. The van der Waals surface area contributed by atoms with Gasteiger partial charge in [0.25, 0.3) is 5.91 Å². The van der Waals surface area contributed by atoms with E-state index in [1.807, 2.05) is 6.07 Å². The summed E-state index contributed by atoms with van der Waals surface area (Å²) in [7, 11) is 0. The topological polar surface area (TPSA) is 125 Å². The molecule has 0 spiro atoms. The first-order valence-electron chi connectivity index (χ1n) is 10.3. The Morgan fingerprint density at radius 2 is 2.10 bits per heavy atom. The zero-order chi connectivity index (χ0) is 20.8. The minimum absolute atomic E-state index is 0.106. The molecule has 0 saturated heterocycles. The molecule has 1 saturated carbocycles. The van der Waals surface area contributed by atoms with Crippen LogP contribution in [0.25, 0.3) is 11.2 Å². The molecule has 2 aromatic heterocycles. The van der Waals surface area contributed by atoms with Crippen molar-refractivity contribution in [3.63, 3.8) is 0 Å². The Labute approximate surface area is 174 Å². The Bertz CT molecular complexity index is 999. The van der Waals surface area contributed by atoms with Crippen molar-refractivity contribution in [2.24, 2.45) is 5.92 Å². The molecule has 0 bridgehead atoms. The van der Waals surface area contributed by atoms with Crippen LogP contribution >= 0.6 is 0 Å². The molecule has 0 unspecified atom stereocenters. The molecule has 1 aliphatic carbocycles. The van der Waals surface area contributed by atoms with Crippen LogP contribution < -0.4 is 15.4 Å². The number of rotatable bonds is 8. The fourth-order valence-corrected chi connectivity index (χ4v) is 3.66. The van der Waals surface area contributed by atoms with E-state index in [1.165, 1.54) is 32.1 Å². The van der Waals surface area contributed by atoms with E-state index < -0.39 is 0 Å². The van der Waals surface area contributed by atoms with Gasteiger partial charge in [-0.3, -0.25) is 4.79 Å². The van der Waals surface area contributed by atoms with Crippen molar-refractivity contribution in [1.82, 2.24) is 25.3 Å². The number of amides is 1. The highest BCUT2D eigenvalue weighted by molar-refractivity contribution is 5.95. The maximum absolute atomic E-state index is 12.1. The number of aromatic nitrogens is 4. The standard InChI is InChI=1S/C21H26N6O3/c28-10-9-22-19(29)15-7-4-8-16(11-15)25-21-26-18-17(23-13-24-18)20(27-21)30-12-14-5-2-1-3-6-14/h4,7-8,11,13-14,28H,1-3,5-6,9-10,12H2,(H,22,29)(H2,23,24,25,26,27). The number of ether oxygens (including phenoxy) is 1. The van der Waals surface area contributed by atoms with Crippen LogP contribution in [0.4, 0.5) is 11.6 Å². The number of aromatic amines is 1. The maximum Gasteiger partial charge on any atom is 0.251 e. The predicted octanol–water partition coefficient (Wildman–Crippen LogP) is 2.78. The van der Waals surface area contributed by atoms with Gasteiger partial charge in [0.1, 0.15) is 5.52 Å². The molecule has 1 aliphatic rings. The highest BCUT2D eigenvalue weighted by atomic mass is 16.5. The number of nitrogens with zero attached hydrogens (tertiary/aromatic N) is 3. The van der Waals surface area contributed by atoms with Crippen molar-refractivity contribution >= 4 is 28.7 Å². The summed E-state index contributed by atoms with van der Waals surface area (Å²) in [6, 6.07) is 7.00. The molecular weight excluding hydrogens is 384 g/mol. The van der Waals surface area contributed by atoms with Crippen LogP contribution in [-0.2, 0) is 0 Å². The lowest BCUT2D eigenvalue weighted by Crippen LogP contribution is -2.26. The molecule has 1 fully saturated rings. The lowest BCUT2D eigenvalue weighted by Gasteiger charge is -2.21. The number of nitrogens with one attached hydrogen (secondary N) is 3. The number of H-pyrrole nitrogens is 1. The van der Waals surface area contributed by atoms with Crippen molar-refractivity contribution < 1.29 is 14.6 Å². The third-order valence-corrected chi connectivity index (χ3v) is 5.21. The van der Waals surface area contributed by atoms with Gasteiger partial charge in [-0.05, 0) is 37.0 Å². The van der Waals surface area contributed by atoms with Gasteiger partial charge in [-0.25, -0.2) is 4.98 Å². The zero-order valence-corrected chi connectivity index (χ0v) is 16.7. The summed E-state index contributed by atoms with van der Waals surface area (Å²) in [5, 5.41) is 14.6. The van der Waals surface area contributed by atoms with Crippen LogP contribution in [0.3, 0.4) is 0 Å². The summed E-state index contributed by atoms with van der Waals surface area (Å²) in [6.45, 7) is 0.729. The third kappa shape index (κ3) is 4.85. The summed E-state index contributed by atoms with van der Waals surface area (Å²) in [5.74, 6) is 1.12. The van der Waals surface area contributed by atoms with Crippen LogP contribution in [0.15, 0.2) is 30.6 Å². The number of hydrogen-bond acceptors (Lipinski definition) is 7. The van der Waals surface area contributed by atoms with Crippen molar-refractivity contribution in [2.45, 2.75) is 32.1 Å². The van der Waals surface area contributed by atoms with Gasteiger partial charge in [-0.2, -0.15) is 9.97 Å². The number of carbonyl (C=O) groups is 1. The van der Waals surface area contributed by atoms with Crippen LogP contribution in [0.5, 0.6) is 5.88 Å². The highest BCUT2D eigenvalue weighted by Crippen LogP contribution is 2.27. The van der Waals surface area contributed by atoms with E-state index in [4.69, 9.17) is 9.84 Å². The maximum atomic E-state index is 12.1. The first kappa shape index (κ1) is 20.1. The third-order valence-electron chi connectivity index (χ3n) is 5.21. The fourth-order valence-electron chi connectivity index (χ4n) is 3.66. The Kier molecular flexibility index (Phi) is 6.38. The first-order chi connectivity index (χ1) is 14.7. The van der Waals surface area contributed by atoms with Gasteiger partial charge >= 0.3 is 0 Å². The number of fused-ring (bicyclic) bond motifs is 1. The van der Waals surface area contributed by atoms with Gasteiger partial charge in [0.05, 0.1) is 19.5 Å². The highest BCUT2D eigenvalue weighted by Gasteiger charge is 2.17. The minimum atomic E-state index is -0.257. The van der Waals surface area contributed by atoms with E-state index in [-0.39, 0.29) is 19.1 Å². The average Bonchev–Trinajstić information content (AvgIpc) is 3.25. The fraction of sp³-hybridized carbons (Fsp3) is 0.429. The van der Waals surface area contributed by atoms with E-state index >= 15 is 0 Å². The molecule has 0 atom stereocenters. The summed E-state index contributed by atoms with van der Waals surface area (Å²) in [5.41, 5.74) is 2.33. The van der Waals surface area contributed by atoms with Gasteiger partial charge in [0, 0.05) is 17.8 Å². The summed E-state index contributed by atoms with van der Waals surface area (Å²) in [6.07, 6.45) is 7.77. The SMILES string of the molecule is O=C(NCCO)c1cccc(Nc2nc(OCC3CCCCC3)c3[nH]cnc3n2)c1. The van der Waals surface area contributed by atoms with Crippen molar-refractivity contribution in [3.05, 3.63) is 36.2 Å². The second-order valence-corrected chi connectivity index (χ2v) is 7.45. The Balaban J connectivity index is 1.51. The Morgan fingerprint density at radius 1 is 1.23 bits per heavy atom. The molecular formula is C21H26N6O3. The van der Waals surface area contributed by atoms with Crippen LogP contribution in [0, 0.1) is 5.92 Å². The molecule has 2 heterocycles. The van der Waals surface area contributed by atoms with Crippen LogP contribution in [-0.4, -0.2) is 50.7 Å². The Hall–Kier alpha value is -3.20. The molecule has 0 radical (unpaired) electrons. The molecule has 4 N–H and O–H groups in total. The summed E-state index contributed by atoms with van der Waals surface area (Å²) in [4.78, 5) is 28.4. The van der Waals surface area contributed by atoms with E-state index in [1.54, 1.807) is 24.5 Å². The van der Waals surface area contributed by atoms with Crippen LogP contribution in [0.2, 0.25) is 0 Å². The van der Waals surface area contributed by atoms with Crippen LogP contribution in [0.1, 0.15) is 42.5 Å². The molecule has 9 nitrogen and oxygen atoms in total. The van der Waals surface area contributed by atoms with Gasteiger partial charge in [0.15, 0.2) is 5.65 Å². The van der Waals surface area contributed by atoms with E-state index in [9.17, 15) is 4.79 Å². The Morgan fingerprint density at radius 3 is 2.93 bits per heavy atom. The summed E-state index contributed by atoms with van der Waals surface area (Å²) >= 11 is 0. The number of anilines is 2.